The van der Waals surface area contributed by atoms with Gasteiger partial charge in [0.15, 0.2) is 17.6 Å². The summed E-state index contributed by atoms with van der Waals surface area (Å²) in [6.45, 7) is 9.89. The number of esters is 1. The molecule has 0 aliphatic heterocycles. The van der Waals surface area contributed by atoms with E-state index in [0.29, 0.717) is 24.7 Å². The van der Waals surface area contributed by atoms with Crippen LogP contribution in [0.4, 0.5) is 4.79 Å². The Bertz CT molecular complexity index is 675. The molecule has 28 heavy (non-hydrogen) atoms. The largest absolute Gasteiger partial charge is 0.490 e. The molecule has 0 fully saturated rings. The Balaban J connectivity index is 2.78. The number of hydrogen-bond donors (Lipinski definition) is 2. The second-order valence-electron chi connectivity index (χ2n) is 6.52. The average Bonchev–Trinajstić information content (AvgIpc) is 2.63. The molecule has 0 saturated heterocycles. The van der Waals surface area contributed by atoms with E-state index >= 15 is 0 Å². The summed E-state index contributed by atoms with van der Waals surface area (Å²) in [5.74, 6) is -0.423. The Morgan fingerprint density at radius 2 is 1.57 bits per heavy atom. The smallest absolute Gasteiger partial charge is 0.339 e. The lowest BCUT2D eigenvalue weighted by molar-refractivity contribution is -0.127. The number of hydrogen-bond acceptors (Lipinski definition) is 6. The van der Waals surface area contributed by atoms with Gasteiger partial charge in [-0.15, -0.1) is 0 Å². The third-order valence-corrected chi connectivity index (χ3v) is 3.41. The van der Waals surface area contributed by atoms with Crippen LogP contribution in [-0.2, 0) is 9.53 Å². The molecular formula is C20H30N2O6. The van der Waals surface area contributed by atoms with Gasteiger partial charge in [0.25, 0.3) is 5.91 Å². The number of imide groups is 1. The average molecular weight is 394 g/mol. The first-order chi connectivity index (χ1) is 13.3. The van der Waals surface area contributed by atoms with E-state index in [1.165, 1.54) is 13.0 Å². The van der Waals surface area contributed by atoms with E-state index in [-0.39, 0.29) is 11.6 Å². The topological polar surface area (TPSA) is 103 Å². The summed E-state index contributed by atoms with van der Waals surface area (Å²) in [5.41, 5.74) is 0.223. The zero-order valence-electron chi connectivity index (χ0n) is 17.2. The Morgan fingerprint density at radius 3 is 2.14 bits per heavy atom. The molecule has 0 heterocycles. The summed E-state index contributed by atoms with van der Waals surface area (Å²) in [6, 6.07) is 3.94. The van der Waals surface area contributed by atoms with Crippen LogP contribution >= 0.6 is 0 Å². The van der Waals surface area contributed by atoms with Crippen molar-refractivity contribution in [3.8, 4) is 11.5 Å². The molecule has 1 aromatic rings. The number of benzene rings is 1. The van der Waals surface area contributed by atoms with Gasteiger partial charge in [-0.3, -0.25) is 10.1 Å². The number of rotatable bonds is 10. The van der Waals surface area contributed by atoms with Gasteiger partial charge in [0.1, 0.15) is 0 Å². The molecule has 0 aliphatic rings. The minimum Gasteiger partial charge on any atom is -0.490 e. The van der Waals surface area contributed by atoms with Gasteiger partial charge in [-0.05, 0) is 51.8 Å². The number of ether oxygens (including phenoxy) is 3. The molecule has 156 valence electrons. The van der Waals surface area contributed by atoms with Crippen molar-refractivity contribution < 1.29 is 28.6 Å². The number of amides is 3. The molecule has 0 spiro atoms. The van der Waals surface area contributed by atoms with Gasteiger partial charge in [-0.1, -0.05) is 13.8 Å². The van der Waals surface area contributed by atoms with Gasteiger partial charge in [0.2, 0.25) is 0 Å². The van der Waals surface area contributed by atoms with Crippen molar-refractivity contribution in [2.45, 2.75) is 59.6 Å². The molecule has 0 aliphatic carbocycles. The predicted octanol–water partition coefficient (Wildman–Crippen LogP) is 3.04. The molecule has 2 N–H and O–H groups in total. The third kappa shape index (κ3) is 7.85. The number of nitrogens with one attached hydrogen (secondary N) is 2. The van der Waals surface area contributed by atoms with Crippen molar-refractivity contribution in [2.75, 3.05) is 13.2 Å². The fourth-order valence-corrected chi connectivity index (χ4v) is 2.09. The Labute approximate surface area is 165 Å². The van der Waals surface area contributed by atoms with Crippen LogP contribution in [0, 0.1) is 0 Å². The fraction of sp³-hybridized carbons (Fsp3) is 0.550. The summed E-state index contributed by atoms with van der Waals surface area (Å²) in [4.78, 5) is 35.9. The quantitative estimate of drug-likeness (QED) is 0.591. The van der Waals surface area contributed by atoms with Crippen molar-refractivity contribution in [1.82, 2.24) is 10.6 Å². The standard InChI is InChI=1S/C20H30N2O6/c1-6-10-26-16-9-8-15(12-17(16)27-11-7-2)19(24)28-14(5)18(23)22-20(25)21-13(3)4/h8-9,12-14H,6-7,10-11H2,1-5H3,(H2,21,22,23,25)/t14-/m0/s1. The Kier molecular flexibility index (Phi) is 9.84. The lowest BCUT2D eigenvalue weighted by atomic mass is 10.2. The summed E-state index contributed by atoms with van der Waals surface area (Å²) < 4.78 is 16.4. The normalized spacial score (nSPS) is 11.5. The molecule has 8 nitrogen and oxygen atoms in total. The van der Waals surface area contributed by atoms with Crippen molar-refractivity contribution in [1.29, 1.82) is 0 Å². The lowest BCUT2D eigenvalue weighted by Crippen LogP contribution is -2.46. The van der Waals surface area contributed by atoms with Gasteiger partial charge in [-0.2, -0.15) is 0 Å². The van der Waals surface area contributed by atoms with Crippen LogP contribution in [0.3, 0.4) is 0 Å². The van der Waals surface area contributed by atoms with Crippen molar-refractivity contribution in [2.24, 2.45) is 0 Å². The van der Waals surface area contributed by atoms with Gasteiger partial charge in [0, 0.05) is 6.04 Å². The molecule has 0 unspecified atom stereocenters. The summed E-state index contributed by atoms with van der Waals surface area (Å²) in [5, 5.41) is 4.65. The van der Waals surface area contributed by atoms with Gasteiger partial charge in [0.05, 0.1) is 18.8 Å². The molecule has 1 aromatic carbocycles. The van der Waals surface area contributed by atoms with Crippen LogP contribution in [0.15, 0.2) is 18.2 Å². The third-order valence-electron chi connectivity index (χ3n) is 3.41. The van der Waals surface area contributed by atoms with E-state index in [1.807, 2.05) is 13.8 Å². The molecule has 0 bridgehead atoms. The minimum atomic E-state index is -1.14. The first-order valence-corrected chi connectivity index (χ1v) is 9.50. The molecular weight excluding hydrogens is 364 g/mol. The van der Waals surface area contributed by atoms with Crippen LogP contribution in [0.25, 0.3) is 0 Å². The monoisotopic (exact) mass is 394 g/mol. The van der Waals surface area contributed by atoms with Gasteiger partial charge >= 0.3 is 12.0 Å². The predicted molar refractivity (Wildman–Crippen MR) is 105 cm³/mol. The highest BCUT2D eigenvalue weighted by molar-refractivity contribution is 5.98. The first kappa shape index (κ1) is 23.3. The highest BCUT2D eigenvalue weighted by Crippen LogP contribution is 2.29. The second-order valence-corrected chi connectivity index (χ2v) is 6.52. The zero-order chi connectivity index (χ0) is 21.1. The lowest BCUT2D eigenvalue weighted by Gasteiger charge is -2.16. The van der Waals surface area contributed by atoms with E-state index in [4.69, 9.17) is 14.2 Å². The number of urea groups is 1. The van der Waals surface area contributed by atoms with Crippen LogP contribution in [0.2, 0.25) is 0 Å². The number of carbonyl (C=O) groups excluding carboxylic acids is 3. The van der Waals surface area contributed by atoms with Crippen molar-refractivity contribution >= 4 is 17.9 Å². The Hall–Kier alpha value is -2.77. The molecule has 0 saturated carbocycles. The summed E-state index contributed by atoms with van der Waals surface area (Å²) >= 11 is 0. The molecule has 1 rings (SSSR count). The van der Waals surface area contributed by atoms with Crippen LogP contribution < -0.4 is 20.1 Å². The molecule has 0 aromatic heterocycles. The zero-order valence-corrected chi connectivity index (χ0v) is 17.2. The minimum absolute atomic E-state index is 0.124. The van der Waals surface area contributed by atoms with Gasteiger partial charge < -0.3 is 19.5 Å². The molecule has 3 amide bonds. The van der Waals surface area contributed by atoms with E-state index < -0.39 is 24.0 Å². The first-order valence-electron chi connectivity index (χ1n) is 9.50. The highest BCUT2D eigenvalue weighted by atomic mass is 16.5. The van der Waals surface area contributed by atoms with Crippen LogP contribution in [0.1, 0.15) is 57.8 Å². The maximum atomic E-state index is 12.4. The van der Waals surface area contributed by atoms with E-state index in [1.54, 1.807) is 26.0 Å². The van der Waals surface area contributed by atoms with E-state index in [9.17, 15) is 14.4 Å². The highest BCUT2D eigenvalue weighted by Gasteiger charge is 2.22. The van der Waals surface area contributed by atoms with Crippen molar-refractivity contribution in [3.63, 3.8) is 0 Å². The van der Waals surface area contributed by atoms with Gasteiger partial charge in [-0.25, -0.2) is 9.59 Å². The maximum absolute atomic E-state index is 12.4. The molecule has 8 heteroatoms. The Morgan fingerprint density at radius 1 is 0.964 bits per heavy atom. The van der Waals surface area contributed by atoms with Crippen LogP contribution in [0.5, 0.6) is 11.5 Å². The fourth-order valence-electron chi connectivity index (χ4n) is 2.09. The second kappa shape index (κ2) is 11.8. The summed E-state index contributed by atoms with van der Waals surface area (Å²) in [6.07, 6.45) is 0.507. The molecule has 0 radical (unpaired) electrons. The van der Waals surface area contributed by atoms with E-state index in [2.05, 4.69) is 10.6 Å². The van der Waals surface area contributed by atoms with E-state index in [0.717, 1.165) is 12.8 Å². The van der Waals surface area contributed by atoms with Crippen LogP contribution in [-0.4, -0.2) is 43.3 Å². The summed E-state index contributed by atoms with van der Waals surface area (Å²) in [7, 11) is 0. The molecule has 1 atom stereocenters. The van der Waals surface area contributed by atoms with Crippen molar-refractivity contribution in [3.05, 3.63) is 23.8 Å². The SMILES string of the molecule is CCCOc1ccc(C(=O)O[C@@H](C)C(=O)NC(=O)NC(C)C)cc1OCCC. The maximum Gasteiger partial charge on any atom is 0.339 e. The number of carbonyl (C=O) groups is 3.